The fraction of sp³-hybridized carbons (Fsp3) is 1.00. The van der Waals surface area contributed by atoms with E-state index in [0.29, 0.717) is 19.5 Å². The van der Waals surface area contributed by atoms with E-state index in [1.54, 1.807) is 0 Å². The lowest BCUT2D eigenvalue weighted by Gasteiger charge is -2.35. The molecular formula is C13H25F3N2O. The van der Waals surface area contributed by atoms with Gasteiger partial charge in [-0.1, -0.05) is 6.92 Å². The highest BCUT2D eigenvalue weighted by Gasteiger charge is 2.41. The number of rotatable bonds is 7. The minimum Gasteiger partial charge on any atom is -0.396 e. The van der Waals surface area contributed by atoms with E-state index in [4.69, 9.17) is 5.11 Å². The molecule has 0 spiro atoms. The van der Waals surface area contributed by atoms with E-state index >= 15 is 0 Å². The molecule has 1 fully saturated rings. The third-order valence-electron chi connectivity index (χ3n) is 3.69. The van der Waals surface area contributed by atoms with Gasteiger partial charge in [0, 0.05) is 19.2 Å². The maximum absolute atomic E-state index is 12.6. The molecule has 1 rings (SSSR count). The van der Waals surface area contributed by atoms with Crippen molar-refractivity contribution >= 4 is 0 Å². The fourth-order valence-electron chi connectivity index (χ4n) is 2.52. The lowest BCUT2D eigenvalue weighted by atomic mass is 9.96. The molecule has 1 aliphatic rings. The first-order chi connectivity index (χ1) is 8.97. The number of alkyl halides is 3. The molecule has 1 aliphatic heterocycles. The molecule has 2 N–H and O–H groups in total. The predicted molar refractivity (Wildman–Crippen MR) is 69.0 cm³/mol. The normalized spacial score (nSPS) is 20.7. The molecule has 0 bridgehead atoms. The number of aliphatic hydroxyl groups is 1. The van der Waals surface area contributed by atoms with Crippen molar-refractivity contribution < 1.29 is 18.3 Å². The van der Waals surface area contributed by atoms with Gasteiger partial charge in [0.2, 0.25) is 0 Å². The second-order valence-electron chi connectivity index (χ2n) is 5.28. The van der Waals surface area contributed by atoms with Gasteiger partial charge in [-0.05, 0) is 45.3 Å². The van der Waals surface area contributed by atoms with Crippen molar-refractivity contribution in [1.82, 2.24) is 10.2 Å². The van der Waals surface area contributed by atoms with Crippen LogP contribution < -0.4 is 5.32 Å². The van der Waals surface area contributed by atoms with Crippen LogP contribution >= 0.6 is 0 Å². The van der Waals surface area contributed by atoms with Gasteiger partial charge in [-0.3, -0.25) is 0 Å². The Morgan fingerprint density at radius 2 is 1.95 bits per heavy atom. The van der Waals surface area contributed by atoms with E-state index in [1.807, 2.05) is 0 Å². The van der Waals surface area contributed by atoms with Crippen LogP contribution in [0.15, 0.2) is 0 Å². The molecule has 3 nitrogen and oxygen atoms in total. The molecule has 0 aromatic heterocycles. The zero-order valence-electron chi connectivity index (χ0n) is 11.5. The van der Waals surface area contributed by atoms with Gasteiger partial charge < -0.3 is 15.3 Å². The molecular weight excluding hydrogens is 257 g/mol. The highest BCUT2D eigenvalue weighted by Crippen LogP contribution is 2.34. The number of hydrogen-bond acceptors (Lipinski definition) is 3. The van der Waals surface area contributed by atoms with Gasteiger partial charge in [0.05, 0.1) is 5.92 Å². The molecule has 0 aromatic carbocycles. The van der Waals surface area contributed by atoms with Crippen LogP contribution in [0.1, 0.15) is 32.6 Å². The summed E-state index contributed by atoms with van der Waals surface area (Å²) in [5.41, 5.74) is 0. The van der Waals surface area contributed by atoms with Crippen molar-refractivity contribution in [2.45, 2.75) is 44.8 Å². The summed E-state index contributed by atoms with van der Waals surface area (Å²) in [4.78, 5) is 2.07. The molecule has 6 heteroatoms. The van der Waals surface area contributed by atoms with E-state index < -0.39 is 12.1 Å². The quantitative estimate of drug-likeness (QED) is 0.750. The maximum atomic E-state index is 12.6. The van der Waals surface area contributed by atoms with Crippen LogP contribution in [0.4, 0.5) is 13.2 Å². The van der Waals surface area contributed by atoms with Crippen molar-refractivity contribution in [3.05, 3.63) is 0 Å². The maximum Gasteiger partial charge on any atom is 0.391 e. The summed E-state index contributed by atoms with van der Waals surface area (Å²) in [5.74, 6) is -1.14. The molecule has 1 heterocycles. The predicted octanol–water partition coefficient (Wildman–Crippen LogP) is 2.01. The van der Waals surface area contributed by atoms with Gasteiger partial charge in [0.15, 0.2) is 0 Å². The Hall–Kier alpha value is -0.330. The topological polar surface area (TPSA) is 35.5 Å². The largest absolute Gasteiger partial charge is 0.396 e. The van der Waals surface area contributed by atoms with Crippen molar-refractivity contribution in [1.29, 1.82) is 0 Å². The van der Waals surface area contributed by atoms with E-state index in [2.05, 4.69) is 17.1 Å². The molecule has 1 atom stereocenters. The first-order valence-electron chi connectivity index (χ1n) is 7.10. The molecule has 0 aliphatic carbocycles. The average Bonchev–Trinajstić information content (AvgIpc) is 2.36. The third kappa shape index (κ3) is 6.10. The van der Waals surface area contributed by atoms with Crippen LogP contribution in [0.5, 0.6) is 0 Å². The summed E-state index contributed by atoms with van der Waals surface area (Å²) >= 11 is 0. The summed E-state index contributed by atoms with van der Waals surface area (Å²) in [6.07, 6.45) is -1.99. The number of aliphatic hydroxyl groups excluding tert-OH is 1. The number of hydrogen-bond donors (Lipinski definition) is 2. The van der Waals surface area contributed by atoms with E-state index in [0.717, 1.165) is 19.5 Å². The summed E-state index contributed by atoms with van der Waals surface area (Å²) in [6, 6.07) is 0.174. The highest BCUT2D eigenvalue weighted by atomic mass is 19.4. The van der Waals surface area contributed by atoms with Crippen LogP contribution in [-0.4, -0.2) is 55.0 Å². The lowest BCUT2D eigenvalue weighted by molar-refractivity contribution is -0.185. The fourth-order valence-corrected chi connectivity index (χ4v) is 2.52. The standard InChI is InChI=1S/C13H25F3N2O/c1-2-6-17-12(5-9-19)10-18-7-3-11(4-8-18)13(14,15)16/h11-12,17,19H,2-10H2,1H3. The Labute approximate surface area is 113 Å². The molecule has 0 aromatic rings. The van der Waals surface area contributed by atoms with Gasteiger partial charge in [0.25, 0.3) is 0 Å². The first kappa shape index (κ1) is 16.7. The van der Waals surface area contributed by atoms with Gasteiger partial charge in [-0.2, -0.15) is 13.2 Å². The van der Waals surface area contributed by atoms with Crippen LogP contribution in [0.3, 0.4) is 0 Å². The van der Waals surface area contributed by atoms with Crippen molar-refractivity contribution in [2.24, 2.45) is 5.92 Å². The Bertz CT molecular complexity index is 241. The Morgan fingerprint density at radius 3 is 2.42 bits per heavy atom. The molecule has 0 radical (unpaired) electrons. The number of halogens is 3. The summed E-state index contributed by atoms with van der Waals surface area (Å²) < 4.78 is 37.7. The van der Waals surface area contributed by atoms with Crippen LogP contribution in [0.25, 0.3) is 0 Å². The smallest absolute Gasteiger partial charge is 0.391 e. The lowest BCUT2D eigenvalue weighted by Crippen LogP contribution is -2.46. The van der Waals surface area contributed by atoms with Gasteiger partial charge in [0.1, 0.15) is 0 Å². The van der Waals surface area contributed by atoms with Gasteiger partial charge >= 0.3 is 6.18 Å². The molecule has 19 heavy (non-hydrogen) atoms. The first-order valence-corrected chi connectivity index (χ1v) is 7.10. The molecule has 0 amide bonds. The Balaban J connectivity index is 2.33. The second-order valence-corrected chi connectivity index (χ2v) is 5.28. The molecule has 0 saturated carbocycles. The molecule has 1 unspecified atom stereocenters. The summed E-state index contributed by atoms with van der Waals surface area (Å²) in [7, 11) is 0. The number of piperidine rings is 1. The Kier molecular flexibility index (Phi) is 7.10. The molecule has 114 valence electrons. The summed E-state index contributed by atoms with van der Waals surface area (Å²) in [5, 5.41) is 12.3. The van der Waals surface area contributed by atoms with E-state index in [1.165, 1.54) is 0 Å². The van der Waals surface area contributed by atoms with Crippen molar-refractivity contribution in [3.8, 4) is 0 Å². The minimum absolute atomic E-state index is 0.112. The highest BCUT2D eigenvalue weighted by molar-refractivity contribution is 4.80. The third-order valence-corrected chi connectivity index (χ3v) is 3.69. The molecule has 1 saturated heterocycles. The van der Waals surface area contributed by atoms with E-state index in [-0.39, 0.29) is 25.5 Å². The zero-order chi connectivity index (χ0) is 14.3. The SMILES string of the molecule is CCCNC(CCO)CN1CCC(C(F)(F)F)CC1. The van der Waals surface area contributed by atoms with Crippen LogP contribution in [0, 0.1) is 5.92 Å². The zero-order valence-corrected chi connectivity index (χ0v) is 11.5. The van der Waals surface area contributed by atoms with Crippen LogP contribution in [0.2, 0.25) is 0 Å². The van der Waals surface area contributed by atoms with Crippen LogP contribution in [-0.2, 0) is 0 Å². The number of likely N-dealkylation sites (tertiary alicyclic amines) is 1. The monoisotopic (exact) mass is 282 g/mol. The Morgan fingerprint density at radius 1 is 1.32 bits per heavy atom. The summed E-state index contributed by atoms with van der Waals surface area (Å²) in [6.45, 7) is 4.78. The van der Waals surface area contributed by atoms with E-state index in [9.17, 15) is 13.2 Å². The van der Waals surface area contributed by atoms with Crippen molar-refractivity contribution in [2.75, 3.05) is 32.8 Å². The number of nitrogens with one attached hydrogen (secondary N) is 1. The average molecular weight is 282 g/mol. The second kappa shape index (κ2) is 8.07. The van der Waals surface area contributed by atoms with Gasteiger partial charge in [-0.15, -0.1) is 0 Å². The number of nitrogens with zero attached hydrogens (tertiary/aromatic N) is 1. The minimum atomic E-state index is -4.04. The van der Waals surface area contributed by atoms with Crippen molar-refractivity contribution in [3.63, 3.8) is 0 Å². The van der Waals surface area contributed by atoms with Gasteiger partial charge in [-0.25, -0.2) is 0 Å².